The van der Waals surface area contributed by atoms with Crippen molar-refractivity contribution in [2.75, 3.05) is 0 Å². The number of rotatable bonds is 1. The van der Waals surface area contributed by atoms with E-state index in [9.17, 15) is 0 Å². The molecule has 0 aromatic heterocycles. The largest absolute Gasteiger partial charge is 4.00 e. The van der Waals surface area contributed by atoms with Crippen LogP contribution in [0.4, 0.5) is 0 Å². The summed E-state index contributed by atoms with van der Waals surface area (Å²) < 4.78 is 0. The van der Waals surface area contributed by atoms with Gasteiger partial charge in [0.2, 0.25) is 0 Å². The van der Waals surface area contributed by atoms with Crippen molar-refractivity contribution < 1.29 is 51.0 Å². The molecule has 1 aliphatic carbocycles. The molecule has 0 amide bonds. The van der Waals surface area contributed by atoms with Crippen LogP contribution in [0.15, 0.2) is 71.9 Å². The first-order chi connectivity index (χ1) is 10.6. The minimum Gasteiger partial charge on any atom is -1.00 e. The molecule has 1 aliphatic rings. The first-order valence-corrected chi connectivity index (χ1v) is 11.4. The molecule has 3 aromatic rings. The van der Waals surface area contributed by atoms with Gasteiger partial charge in [0.25, 0.3) is 0 Å². The molecular formula is C21H22Cl2SiZr. The molecule has 3 aromatic carbocycles. The molecule has 0 aliphatic heterocycles. The van der Waals surface area contributed by atoms with Gasteiger partial charge in [-0.15, -0.1) is 46.2 Å². The van der Waals surface area contributed by atoms with Crippen molar-refractivity contribution in [3.8, 4) is 0 Å². The zero-order valence-corrected chi connectivity index (χ0v) is 19.8. The summed E-state index contributed by atoms with van der Waals surface area (Å²) in [5.74, 6) is 0. The van der Waals surface area contributed by atoms with Crippen LogP contribution in [0.1, 0.15) is 6.42 Å². The second-order valence-electron chi connectivity index (χ2n) is 6.78. The molecule has 128 valence electrons. The van der Waals surface area contributed by atoms with Gasteiger partial charge in [-0.05, 0) is 8.07 Å². The molecule has 0 heterocycles. The van der Waals surface area contributed by atoms with Crippen molar-refractivity contribution in [1.29, 1.82) is 0 Å². The molecule has 0 bridgehead atoms. The van der Waals surface area contributed by atoms with E-state index in [4.69, 9.17) is 0 Å². The quantitative estimate of drug-likeness (QED) is 0.358. The molecule has 0 unspecified atom stereocenters. The van der Waals surface area contributed by atoms with Gasteiger partial charge in [0.1, 0.15) is 0 Å². The average Bonchev–Trinajstić information content (AvgIpc) is 3.15. The van der Waals surface area contributed by atoms with E-state index in [1.54, 1.807) is 5.20 Å². The maximum Gasteiger partial charge on any atom is 4.00 e. The third kappa shape index (κ3) is 6.00. The maximum atomic E-state index is 3.20. The SMILES string of the molecule is C[Si](C)(C)C1=CC[C-]=C1.[Cl-].[Cl-].[Zr+4].c1ccc2c(c1)[cH-]c1ccccc12. The Balaban J connectivity index is 0.000000435. The van der Waals surface area contributed by atoms with Crippen LogP contribution < -0.4 is 24.8 Å². The third-order valence-electron chi connectivity index (χ3n) is 4.09. The number of benzene rings is 2. The van der Waals surface area contributed by atoms with E-state index in [1.807, 2.05) is 0 Å². The van der Waals surface area contributed by atoms with E-state index in [1.165, 1.54) is 21.5 Å². The Kier molecular flexibility index (Phi) is 10.4. The summed E-state index contributed by atoms with van der Waals surface area (Å²) in [7, 11) is -0.981. The fourth-order valence-electron chi connectivity index (χ4n) is 2.82. The number of hydrogen-bond acceptors (Lipinski definition) is 0. The Bertz CT molecular complexity index is 807. The monoisotopic (exact) mass is 462 g/mol. The van der Waals surface area contributed by atoms with Crippen molar-refractivity contribution in [1.82, 2.24) is 0 Å². The van der Waals surface area contributed by atoms with Gasteiger partial charge in [0, 0.05) is 0 Å². The van der Waals surface area contributed by atoms with Crippen molar-refractivity contribution in [3.05, 3.63) is 78.0 Å². The van der Waals surface area contributed by atoms with Gasteiger partial charge in [-0.1, -0.05) is 56.0 Å². The van der Waals surface area contributed by atoms with Crippen molar-refractivity contribution in [3.63, 3.8) is 0 Å². The normalized spacial score (nSPS) is 12.4. The number of allylic oxidation sites excluding steroid dienone is 4. The summed E-state index contributed by atoms with van der Waals surface area (Å²) in [6.45, 7) is 7.09. The zero-order chi connectivity index (χ0) is 15.6. The summed E-state index contributed by atoms with van der Waals surface area (Å²) in [5, 5.41) is 6.95. The summed E-state index contributed by atoms with van der Waals surface area (Å²) in [5.41, 5.74) is 0. The smallest absolute Gasteiger partial charge is 1.00 e. The molecule has 25 heavy (non-hydrogen) atoms. The van der Waals surface area contributed by atoms with Crippen LogP contribution in [-0.4, -0.2) is 8.07 Å². The fourth-order valence-corrected chi connectivity index (χ4v) is 4.07. The van der Waals surface area contributed by atoms with E-state index in [0.29, 0.717) is 0 Å². The predicted molar refractivity (Wildman–Crippen MR) is 101 cm³/mol. The summed E-state index contributed by atoms with van der Waals surface area (Å²) in [6.07, 6.45) is 8.69. The van der Waals surface area contributed by atoms with Gasteiger partial charge >= 0.3 is 26.2 Å². The van der Waals surface area contributed by atoms with E-state index < -0.39 is 8.07 Å². The topological polar surface area (TPSA) is 0 Å². The van der Waals surface area contributed by atoms with Crippen LogP contribution in [0.5, 0.6) is 0 Å². The van der Waals surface area contributed by atoms with Crippen LogP contribution in [0, 0.1) is 6.08 Å². The maximum absolute atomic E-state index is 3.20. The molecule has 4 rings (SSSR count). The Hall–Kier alpha value is -0.530. The first-order valence-electron chi connectivity index (χ1n) is 7.86. The second-order valence-corrected chi connectivity index (χ2v) is 11.9. The van der Waals surface area contributed by atoms with Gasteiger partial charge in [0.15, 0.2) is 0 Å². The predicted octanol–water partition coefficient (Wildman–Crippen LogP) is 0.271. The average molecular weight is 465 g/mol. The Morgan fingerprint density at radius 2 is 1.32 bits per heavy atom. The van der Waals surface area contributed by atoms with Crippen LogP contribution in [0.25, 0.3) is 21.5 Å². The Morgan fingerprint density at radius 3 is 1.68 bits per heavy atom. The van der Waals surface area contributed by atoms with Gasteiger partial charge in [-0.2, -0.15) is 6.08 Å². The third-order valence-corrected chi connectivity index (χ3v) is 6.17. The van der Waals surface area contributed by atoms with Crippen LogP contribution in [0.3, 0.4) is 0 Å². The molecule has 0 saturated heterocycles. The molecular weight excluding hydrogens is 442 g/mol. The van der Waals surface area contributed by atoms with E-state index in [-0.39, 0.29) is 51.0 Å². The molecule has 0 radical (unpaired) electrons. The molecule has 0 N–H and O–H groups in total. The van der Waals surface area contributed by atoms with Crippen LogP contribution in [-0.2, 0) is 26.2 Å². The van der Waals surface area contributed by atoms with Crippen molar-refractivity contribution in [2.24, 2.45) is 0 Å². The Labute approximate surface area is 183 Å². The van der Waals surface area contributed by atoms with Crippen LogP contribution in [0.2, 0.25) is 19.6 Å². The van der Waals surface area contributed by atoms with Gasteiger partial charge in [-0.3, -0.25) is 6.08 Å². The Morgan fingerprint density at radius 1 is 0.840 bits per heavy atom. The standard InChI is InChI=1S/C13H9.C8H13Si.2ClH.Zr/c1-3-7-12-10(5-1)9-11-6-2-4-8-13(11)12;1-9(2,3)8-6-4-5-7-8;;;/h1-9H;6-7H,4H2,1-3H3;2*1H;/q2*-1;;;+4/p-2. The van der Waals surface area contributed by atoms with Gasteiger partial charge in [-0.25, -0.2) is 11.3 Å². The minimum atomic E-state index is -0.981. The first kappa shape index (κ1) is 24.5. The van der Waals surface area contributed by atoms with Crippen molar-refractivity contribution >= 4 is 29.6 Å². The zero-order valence-electron chi connectivity index (χ0n) is 14.8. The number of halogens is 2. The molecule has 0 spiro atoms. The molecule has 0 nitrogen and oxygen atoms in total. The van der Waals surface area contributed by atoms with Gasteiger partial charge in [0.05, 0.1) is 0 Å². The van der Waals surface area contributed by atoms with E-state index in [0.717, 1.165) is 6.42 Å². The molecule has 4 heteroatoms. The molecule has 0 fully saturated rings. The molecule has 0 saturated carbocycles. The van der Waals surface area contributed by atoms with E-state index >= 15 is 0 Å². The summed E-state index contributed by atoms with van der Waals surface area (Å²) in [4.78, 5) is 0. The van der Waals surface area contributed by atoms with Crippen LogP contribution >= 0.6 is 0 Å². The van der Waals surface area contributed by atoms with Gasteiger partial charge < -0.3 is 24.8 Å². The second kappa shape index (κ2) is 10.6. The fraction of sp³-hybridized carbons (Fsp3) is 0.190. The summed E-state index contributed by atoms with van der Waals surface area (Å²) in [6, 6.07) is 19.3. The minimum absolute atomic E-state index is 0. The number of fused-ring (bicyclic) bond motifs is 3. The van der Waals surface area contributed by atoms with E-state index in [2.05, 4.69) is 92.5 Å². The number of hydrogen-bond donors (Lipinski definition) is 0. The summed E-state index contributed by atoms with van der Waals surface area (Å²) >= 11 is 0. The molecule has 0 atom stereocenters. The van der Waals surface area contributed by atoms with Crippen molar-refractivity contribution in [2.45, 2.75) is 26.1 Å².